The van der Waals surface area contributed by atoms with Crippen LogP contribution in [0.3, 0.4) is 0 Å². The molecule has 0 saturated carbocycles. The van der Waals surface area contributed by atoms with Gasteiger partial charge in [-0.1, -0.05) is 32.1 Å². The van der Waals surface area contributed by atoms with Gasteiger partial charge in [0.1, 0.15) is 22.9 Å². The number of rotatable bonds is 10. The van der Waals surface area contributed by atoms with Gasteiger partial charge >= 0.3 is 0 Å². The Morgan fingerprint density at radius 3 is 2.49 bits per heavy atom. The first kappa shape index (κ1) is 28.4. The SMILES string of the molecule is COc1ccc(OC)c(-n2nnc(C(=O)Nc3cc(C(C)(C)C)ccc3OCCCN3CCOCC3)c2C)c1. The molecule has 1 aliphatic heterocycles. The molecule has 3 aromatic rings. The monoisotopic (exact) mass is 537 g/mol. The molecular weight excluding hydrogens is 498 g/mol. The fraction of sp³-hybridized carbons (Fsp3) is 0.483. The summed E-state index contributed by atoms with van der Waals surface area (Å²) < 4.78 is 24.0. The minimum Gasteiger partial charge on any atom is -0.497 e. The van der Waals surface area contributed by atoms with Crippen molar-refractivity contribution in [1.29, 1.82) is 0 Å². The highest BCUT2D eigenvalue weighted by Crippen LogP contribution is 2.33. The Kier molecular flexibility index (Phi) is 9.08. The van der Waals surface area contributed by atoms with Crippen LogP contribution in [-0.4, -0.2) is 79.5 Å². The molecule has 0 unspecified atom stereocenters. The number of nitrogens with one attached hydrogen (secondary N) is 1. The molecule has 0 spiro atoms. The summed E-state index contributed by atoms with van der Waals surface area (Å²) in [5, 5.41) is 11.5. The van der Waals surface area contributed by atoms with E-state index >= 15 is 0 Å². The van der Waals surface area contributed by atoms with E-state index in [0.717, 1.165) is 44.8 Å². The van der Waals surface area contributed by atoms with Crippen LogP contribution in [0.4, 0.5) is 5.69 Å². The second-order valence-electron chi connectivity index (χ2n) is 10.5. The van der Waals surface area contributed by atoms with Gasteiger partial charge in [-0.3, -0.25) is 9.69 Å². The summed E-state index contributed by atoms with van der Waals surface area (Å²) in [4.78, 5) is 15.8. The van der Waals surface area contributed by atoms with Crippen molar-refractivity contribution in [2.75, 3.05) is 59.0 Å². The number of carbonyl (C=O) groups excluding carboxylic acids is 1. The lowest BCUT2D eigenvalue weighted by Crippen LogP contribution is -2.37. The van der Waals surface area contributed by atoms with Gasteiger partial charge in [-0.05, 0) is 48.6 Å². The minimum atomic E-state index is -0.371. The Morgan fingerprint density at radius 1 is 1.05 bits per heavy atom. The summed E-state index contributed by atoms with van der Waals surface area (Å²) in [6.07, 6.45) is 0.879. The average Bonchev–Trinajstić information content (AvgIpc) is 3.32. The number of hydrogen-bond donors (Lipinski definition) is 1. The molecule has 1 N–H and O–H groups in total. The van der Waals surface area contributed by atoms with Gasteiger partial charge in [-0.15, -0.1) is 5.10 Å². The molecule has 0 radical (unpaired) electrons. The molecule has 210 valence electrons. The molecular formula is C29H39N5O5. The molecule has 2 aromatic carbocycles. The fourth-order valence-corrected chi connectivity index (χ4v) is 4.43. The van der Waals surface area contributed by atoms with E-state index < -0.39 is 0 Å². The van der Waals surface area contributed by atoms with Crippen LogP contribution in [0, 0.1) is 6.92 Å². The number of benzene rings is 2. The summed E-state index contributed by atoms with van der Waals surface area (Å²) in [6, 6.07) is 11.3. The van der Waals surface area contributed by atoms with Crippen LogP contribution in [0.2, 0.25) is 0 Å². The van der Waals surface area contributed by atoms with Crippen LogP contribution < -0.4 is 19.5 Å². The van der Waals surface area contributed by atoms with E-state index in [2.05, 4.69) is 41.3 Å². The maximum absolute atomic E-state index is 13.4. The number of aromatic nitrogens is 3. The third kappa shape index (κ3) is 6.88. The molecule has 0 atom stereocenters. The Balaban J connectivity index is 1.53. The van der Waals surface area contributed by atoms with Gasteiger partial charge < -0.3 is 24.3 Å². The third-order valence-electron chi connectivity index (χ3n) is 6.80. The molecule has 0 aliphatic carbocycles. The Bertz CT molecular complexity index is 1280. The highest BCUT2D eigenvalue weighted by Gasteiger charge is 2.23. The number of hydrogen-bond acceptors (Lipinski definition) is 8. The summed E-state index contributed by atoms with van der Waals surface area (Å²) in [6.45, 7) is 13.1. The molecule has 1 saturated heterocycles. The van der Waals surface area contributed by atoms with E-state index in [1.165, 1.54) is 0 Å². The van der Waals surface area contributed by atoms with Gasteiger partial charge in [0.25, 0.3) is 5.91 Å². The van der Waals surface area contributed by atoms with Crippen LogP contribution >= 0.6 is 0 Å². The second-order valence-corrected chi connectivity index (χ2v) is 10.5. The van der Waals surface area contributed by atoms with E-state index in [9.17, 15) is 4.79 Å². The molecule has 2 heterocycles. The maximum atomic E-state index is 13.4. The molecule has 1 aliphatic rings. The zero-order valence-corrected chi connectivity index (χ0v) is 23.7. The highest BCUT2D eigenvalue weighted by atomic mass is 16.5. The number of morpholine rings is 1. The van der Waals surface area contributed by atoms with Crippen molar-refractivity contribution in [3.63, 3.8) is 0 Å². The minimum absolute atomic E-state index is 0.101. The van der Waals surface area contributed by atoms with Crippen molar-refractivity contribution >= 4 is 11.6 Å². The summed E-state index contributed by atoms with van der Waals surface area (Å²) >= 11 is 0. The third-order valence-corrected chi connectivity index (χ3v) is 6.80. The number of methoxy groups -OCH3 is 2. The molecule has 39 heavy (non-hydrogen) atoms. The second kappa shape index (κ2) is 12.5. The summed E-state index contributed by atoms with van der Waals surface area (Å²) in [7, 11) is 3.17. The normalized spacial score (nSPS) is 14.2. The lowest BCUT2D eigenvalue weighted by atomic mass is 9.87. The maximum Gasteiger partial charge on any atom is 0.278 e. The Hall–Kier alpha value is -3.63. The van der Waals surface area contributed by atoms with Gasteiger partial charge in [0.05, 0.1) is 45.4 Å². The molecule has 10 nitrogen and oxygen atoms in total. The van der Waals surface area contributed by atoms with Gasteiger partial charge in [0.15, 0.2) is 5.69 Å². The number of amides is 1. The van der Waals surface area contributed by atoms with E-state index in [1.807, 2.05) is 18.2 Å². The van der Waals surface area contributed by atoms with Crippen LogP contribution in [-0.2, 0) is 10.2 Å². The first-order valence-electron chi connectivity index (χ1n) is 13.2. The van der Waals surface area contributed by atoms with Gasteiger partial charge in [-0.25, -0.2) is 4.68 Å². The standard InChI is InChI=1S/C29H39N5O5/c1-20-27(31-32-34(20)24-19-22(36-5)9-11-26(24)37-6)28(35)30-23-18-21(29(2,3)4)8-10-25(23)39-15-7-12-33-13-16-38-17-14-33/h8-11,18-19H,7,12-17H2,1-6H3,(H,30,35). The largest absolute Gasteiger partial charge is 0.497 e. The first-order chi connectivity index (χ1) is 18.7. The van der Waals surface area contributed by atoms with Crippen LogP contribution in [0.25, 0.3) is 5.69 Å². The Morgan fingerprint density at radius 2 is 1.79 bits per heavy atom. The van der Waals surface area contributed by atoms with Crippen molar-refractivity contribution in [3.05, 3.63) is 53.3 Å². The molecule has 0 bridgehead atoms. The van der Waals surface area contributed by atoms with Crippen molar-refractivity contribution in [1.82, 2.24) is 19.9 Å². The Labute approximate surface area is 230 Å². The zero-order valence-electron chi connectivity index (χ0n) is 23.7. The zero-order chi connectivity index (χ0) is 28.0. The number of nitrogens with zero attached hydrogens (tertiary/aromatic N) is 4. The molecule has 1 amide bonds. The van der Waals surface area contributed by atoms with E-state index in [4.69, 9.17) is 18.9 Å². The quantitative estimate of drug-likeness (QED) is 0.384. The first-order valence-corrected chi connectivity index (χ1v) is 13.2. The van der Waals surface area contributed by atoms with Gasteiger partial charge in [0.2, 0.25) is 0 Å². The van der Waals surface area contributed by atoms with Crippen molar-refractivity contribution in [3.8, 4) is 22.9 Å². The summed E-state index contributed by atoms with van der Waals surface area (Å²) in [5.74, 6) is 1.48. The molecule has 4 rings (SSSR count). The van der Waals surface area contributed by atoms with Crippen LogP contribution in [0.15, 0.2) is 36.4 Å². The van der Waals surface area contributed by atoms with Gasteiger partial charge in [-0.2, -0.15) is 0 Å². The predicted octanol–water partition coefficient (Wildman–Crippen LogP) is 4.24. The van der Waals surface area contributed by atoms with Gasteiger partial charge in [0, 0.05) is 25.7 Å². The molecule has 10 heteroatoms. The number of carbonyl (C=O) groups is 1. The van der Waals surface area contributed by atoms with Crippen molar-refractivity contribution in [2.45, 2.75) is 39.5 Å². The van der Waals surface area contributed by atoms with Crippen LogP contribution in [0.5, 0.6) is 17.2 Å². The number of anilines is 1. The number of ether oxygens (including phenoxy) is 4. The lowest BCUT2D eigenvalue weighted by molar-refractivity contribution is 0.0358. The fourth-order valence-electron chi connectivity index (χ4n) is 4.43. The van der Waals surface area contributed by atoms with E-state index in [1.54, 1.807) is 44.0 Å². The highest BCUT2D eigenvalue weighted by molar-refractivity contribution is 6.04. The van der Waals surface area contributed by atoms with E-state index in [-0.39, 0.29) is 17.0 Å². The lowest BCUT2D eigenvalue weighted by Gasteiger charge is -2.26. The summed E-state index contributed by atoms with van der Waals surface area (Å²) in [5.41, 5.74) is 2.99. The average molecular weight is 538 g/mol. The van der Waals surface area contributed by atoms with Crippen LogP contribution in [0.1, 0.15) is 48.9 Å². The smallest absolute Gasteiger partial charge is 0.278 e. The molecule has 1 fully saturated rings. The predicted molar refractivity (Wildman–Crippen MR) is 150 cm³/mol. The van der Waals surface area contributed by atoms with E-state index in [0.29, 0.717) is 40.9 Å². The van der Waals surface area contributed by atoms with Crippen molar-refractivity contribution < 1.29 is 23.7 Å². The molecule has 1 aromatic heterocycles. The topological polar surface area (TPSA) is 100.0 Å². The van der Waals surface area contributed by atoms with Crippen molar-refractivity contribution in [2.24, 2.45) is 0 Å².